The van der Waals surface area contributed by atoms with E-state index in [4.69, 9.17) is 4.74 Å². The van der Waals surface area contributed by atoms with E-state index in [0.717, 1.165) is 31.5 Å². The van der Waals surface area contributed by atoms with Crippen LogP contribution in [0.1, 0.15) is 32.0 Å². The molecule has 1 aliphatic rings. The monoisotopic (exact) mass is 237 g/mol. The topological polar surface area (TPSA) is 67.0 Å². The molecular weight excluding hydrogens is 218 g/mol. The highest BCUT2D eigenvalue weighted by Crippen LogP contribution is 2.24. The standard InChI is InChI=1S/C12H19N3O2/c1-12(5-2-3-9-17-12)11(16)15-6-4-10-13-7-8-14-10/h7-8H,2-6,9H2,1H3,(H,13,14)(H,15,16)/t12-/m1/s1. The summed E-state index contributed by atoms with van der Waals surface area (Å²) in [5, 5.41) is 2.91. The third kappa shape index (κ3) is 3.06. The molecule has 1 saturated heterocycles. The fourth-order valence-electron chi connectivity index (χ4n) is 2.03. The summed E-state index contributed by atoms with van der Waals surface area (Å²) in [4.78, 5) is 19.1. The molecule has 2 rings (SSSR count). The third-order valence-electron chi connectivity index (χ3n) is 3.15. The number of hydrogen-bond acceptors (Lipinski definition) is 3. The third-order valence-corrected chi connectivity index (χ3v) is 3.15. The number of H-pyrrole nitrogens is 1. The molecule has 1 aromatic rings. The van der Waals surface area contributed by atoms with E-state index >= 15 is 0 Å². The fraction of sp³-hybridized carbons (Fsp3) is 0.667. The molecule has 0 saturated carbocycles. The molecule has 0 spiro atoms. The van der Waals surface area contributed by atoms with Gasteiger partial charge in [0.2, 0.25) is 0 Å². The zero-order valence-corrected chi connectivity index (χ0v) is 10.2. The molecule has 1 aliphatic heterocycles. The zero-order chi connectivity index (χ0) is 12.1. The van der Waals surface area contributed by atoms with Gasteiger partial charge in [0.25, 0.3) is 5.91 Å². The minimum Gasteiger partial charge on any atom is -0.365 e. The Morgan fingerprint density at radius 1 is 1.65 bits per heavy atom. The molecule has 1 amide bonds. The van der Waals surface area contributed by atoms with Gasteiger partial charge in [0, 0.05) is 32.0 Å². The first-order valence-corrected chi connectivity index (χ1v) is 6.11. The van der Waals surface area contributed by atoms with Gasteiger partial charge >= 0.3 is 0 Å². The Hall–Kier alpha value is -1.36. The van der Waals surface area contributed by atoms with Gasteiger partial charge in [0.15, 0.2) is 0 Å². The highest BCUT2D eigenvalue weighted by atomic mass is 16.5. The number of rotatable bonds is 4. The molecule has 94 valence electrons. The lowest BCUT2D eigenvalue weighted by atomic mass is 9.95. The van der Waals surface area contributed by atoms with E-state index in [1.165, 1.54) is 0 Å². The number of imidazole rings is 1. The first kappa shape index (κ1) is 12.1. The molecule has 0 radical (unpaired) electrons. The highest BCUT2D eigenvalue weighted by molar-refractivity contribution is 5.84. The lowest BCUT2D eigenvalue weighted by Gasteiger charge is -2.32. The Balaban J connectivity index is 1.76. The van der Waals surface area contributed by atoms with Gasteiger partial charge in [-0.25, -0.2) is 4.98 Å². The van der Waals surface area contributed by atoms with Crippen LogP contribution in [-0.4, -0.2) is 34.6 Å². The highest BCUT2D eigenvalue weighted by Gasteiger charge is 2.35. The van der Waals surface area contributed by atoms with Gasteiger partial charge in [-0.3, -0.25) is 4.79 Å². The van der Waals surface area contributed by atoms with Crippen molar-refractivity contribution < 1.29 is 9.53 Å². The Morgan fingerprint density at radius 2 is 2.53 bits per heavy atom. The van der Waals surface area contributed by atoms with Crippen molar-refractivity contribution in [1.82, 2.24) is 15.3 Å². The van der Waals surface area contributed by atoms with Crippen LogP contribution in [0.15, 0.2) is 12.4 Å². The predicted octanol–water partition coefficient (Wildman–Crippen LogP) is 1.03. The lowest BCUT2D eigenvalue weighted by Crippen LogP contribution is -2.48. The lowest BCUT2D eigenvalue weighted by molar-refractivity contribution is -0.150. The van der Waals surface area contributed by atoms with E-state index < -0.39 is 5.60 Å². The molecule has 0 unspecified atom stereocenters. The summed E-state index contributed by atoms with van der Waals surface area (Å²) in [5.41, 5.74) is -0.637. The quantitative estimate of drug-likeness (QED) is 0.822. The number of aromatic amines is 1. The molecule has 2 heterocycles. The van der Waals surface area contributed by atoms with Gasteiger partial charge in [-0.05, 0) is 26.2 Å². The summed E-state index contributed by atoms with van der Waals surface area (Å²) < 4.78 is 5.58. The molecule has 17 heavy (non-hydrogen) atoms. The number of nitrogens with zero attached hydrogens (tertiary/aromatic N) is 1. The fourth-order valence-corrected chi connectivity index (χ4v) is 2.03. The van der Waals surface area contributed by atoms with Crippen LogP contribution in [-0.2, 0) is 16.0 Å². The second-order valence-corrected chi connectivity index (χ2v) is 4.58. The Kier molecular flexibility index (Phi) is 3.78. The molecule has 1 fully saturated rings. The predicted molar refractivity (Wildman–Crippen MR) is 63.5 cm³/mol. The van der Waals surface area contributed by atoms with Crippen LogP contribution in [0, 0.1) is 0 Å². The summed E-state index contributed by atoms with van der Waals surface area (Å²) in [7, 11) is 0. The summed E-state index contributed by atoms with van der Waals surface area (Å²) in [6.45, 7) is 3.14. The van der Waals surface area contributed by atoms with E-state index in [-0.39, 0.29) is 5.91 Å². The van der Waals surface area contributed by atoms with Crippen LogP contribution in [0.25, 0.3) is 0 Å². The van der Waals surface area contributed by atoms with Crippen molar-refractivity contribution in [2.75, 3.05) is 13.2 Å². The van der Waals surface area contributed by atoms with Gasteiger partial charge in [0.05, 0.1) is 0 Å². The van der Waals surface area contributed by atoms with Gasteiger partial charge < -0.3 is 15.0 Å². The van der Waals surface area contributed by atoms with Crippen LogP contribution in [0.2, 0.25) is 0 Å². The van der Waals surface area contributed by atoms with E-state index in [1.807, 2.05) is 6.92 Å². The summed E-state index contributed by atoms with van der Waals surface area (Å²) in [5.74, 6) is 0.878. The Labute approximate surface area is 101 Å². The first-order chi connectivity index (χ1) is 8.21. The van der Waals surface area contributed by atoms with Gasteiger partial charge in [0.1, 0.15) is 11.4 Å². The average molecular weight is 237 g/mol. The number of carbonyl (C=O) groups is 1. The smallest absolute Gasteiger partial charge is 0.251 e. The molecule has 0 aliphatic carbocycles. The minimum atomic E-state index is -0.637. The van der Waals surface area contributed by atoms with Gasteiger partial charge in [-0.1, -0.05) is 0 Å². The van der Waals surface area contributed by atoms with Crippen LogP contribution in [0.3, 0.4) is 0 Å². The maximum atomic E-state index is 12.0. The van der Waals surface area contributed by atoms with Crippen molar-refractivity contribution in [1.29, 1.82) is 0 Å². The van der Waals surface area contributed by atoms with E-state index in [9.17, 15) is 4.79 Å². The van der Waals surface area contributed by atoms with Crippen LogP contribution in [0.5, 0.6) is 0 Å². The second kappa shape index (κ2) is 5.31. The number of amides is 1. The van der Waals surface area contributed by atoms with Gasteiger partial charge in [-0.2, -0.15) is 0 Å². The molecule has 5 nitrogen and oxygen atoms in total. The molecule has 0 bridgehead atoms. The van der Waals surface area contributed by atoms with Crippen molar-refractivity contribution in [2.24, 2.45) is 0 Å². The van der Waals surface area contributed by atoms with Crippen LogP contribution in [0.4, 0.5) is 0 Å². The minimum absolute atomic E-state index is 0.0104. The summed E-state index contributed by atoms with van der Waals surface area (Å²) in [6.07, 6.45) is 7.12. The maximum Gasteiger partial charge on any atom is 0.251 e. The SMILES string of the molecule is C[C@]1(C(=O)NCCc2ncc[nH]2)CCCCO1. The maximum absolute atomic E-state index is 12.0. The number of aromatic nitrogens is 2. The Morgan fingerprint density at radius 3 is 3.18 bits per heavy atom. The number of ether oxygens (including phenoxy) is 1. The first-order valence-electron chi connectivity index (χ1n) is 6.11. The number of carbonyl (C=O) groups excluding carboxylic acids is 1. The summed E-state index contributed by atoms with van der Waals surface area (Å²) >= 11 is 0. The molecule has 1 atom stereocenters. The van der Waals surface area contributed by atoms with Crippen molar-refractivity contribution in [3.05, 3.63) is 18.2 Å². The molecule has 0 aromatic carbocycles. The van der Waals surface area contributed by atoms with Crippen molar-refractivity contribution in [3.63, 3.8) is 0 Å². The second-order valence-electron chi connectivity index (χ2n) is 4.58. The van der Waals surface area contributed by atoms with Crippen molar-refractivity contribution in [3.8, 4) is 0 Å². The molecule has 2 N–H and O–H groups in total. The molecular formula is C12H19N3O2. The number of hydrogen-bond donors (Lipinski definition) is 2. The van der Waals surface area contributed by atoms with Crippen LogP contribution >= 0.6 is 0 Å². The molecule has 1 aromatic heterocycles. The normalized spacial score (nSPS) is 24.5. The van der Waals surface area contributed by atoms with Crippen molar-refractivity contribution in [2.45, 2.75) is 38.2 Å². The zero-order valence-electron chi connectivity index (χ0n) is 10.2. The largest absolute Gasteiger partial charge is 0.365 e. The Bertz CT molecular complexity index is 356. The van der Waals surface area contributed by atoms with Crippen LogP contribution < -0.4 is 5.32 Å². The van der Waals surface area contributed by atoms with E-state index in [1.54, 1.807) is 12.4 Å². The van der Waals surface area contributed by atoms with E-state index in [2.05, 4.69) is 15.3 Å². The number of nitrogens with one attached hydrogen (secondary N) is 2. The van der Waals surface area contributed by atoms with E-state index in [0.29, 0.717) is 13.2 Å². The summed E-state index contributed by atoms with van der Waals surface area (Å²) in [6, 6.07) is 0. The average Bonchev–Trinajstić information content (AvgIpc) is 2.83. The van der Waals surface area contributed by atoms with Crippen molar-refractivity contribution >= 4 is 5.91 Å². The van der Waals surface area contributed by atoms with Gasteiger partial charge in [-0.15, -0.1) is 0 Å². The molecule has 5 heteroatoms.